The van der Waals surface area contributed by atoms with Gasteiger partial charge < -0.3 is 24.6 Å². The molecule has 1 N–H and O–H groups in total. The Labute approximate surface area is 224 Å². The lowest BCUT2D eigenvalue weighted by Crippen LogP contribution is -2.52. The van der Waals surface area contributed by atoms with Crippen LogP contribution in [0.3, 0.4) is 0 Å². The van der Waals surface area contributed by atoms with Crippen molar-refractivity contribution in [3.05, 3.63) is 78.9 Å². The Kier molecular flexibility index (Phi) is 8.12. The van der Waals surface area contributed by atoms with E-state index in [4.69, 9.17) is 9.47 Å². The minimum Gasteiger partial charge on any atom is -0.497 e. The average Bonchev–Trinajstić information content (AvgIpc) is 2.97. The number of rotatable bonds is 7. The van der Waals surface area contributed by atoms with Crippen molar-refractivity contribution in [1.29, 1.82) is 0 Å². The summed E-state index contributed by atoms with van der Waals surface area (Å²) in [7, 11) is 1.66. The summed E-state index contributed by atoms with van der Waals surface area (Å²) in [4.78, 5) is 31.2. The summed E-state index contributed by atoms with van der Waals surface area (Å²) in [5.74, 6) is 1.65. The fraction of sp³-hybridized carbons (Fsp3) is 0.355. The molecule has 0 radical (unpaired) electrons. The maximum absolute atomic E-state index is 13.6. The molecule has 198 valence electrons. The molecule has 2 aliphatic rings. The fourth-order valence-corrected chi connectivity index (χ4v) is 5.45. The van der Waals surface area contributed by atoms with Crippen LogP contribution in [0.4, 0.5) is 11.4 Å². The van der Waals surface area contributed by atoms with Gasteiger partial charge in [-0.15, -0.1) is 0 Å². The van der Waals surface area contributed by atoms with Gasteiger partial charge in [0.2, 0.25) is 11.8 Å². The van der Waals surface area contributed by atoms with Crippen molar-refractivity contribution < 1.29 is 19.1 Å². The molecule has 0 spiro atoms. The minimum absolute atomic E-state index is 0.0863. The molecule has 1 heterocycles. The third-order valence-corrected chi connectivity index (χ3v) is 7.53. The smallest absolute Gasteiger partial charge is 0.228 e. The van der Waals surface area contributed by atoms with E-state index in [1.54, 1.807) is 7.11 Å². The van der Waals surface area contributed by atoms with Crippen LogP contribution in [0.5, 0.6) is 17.2 Å². The number of amides is 2. The van der Waals surface area contributed by atoms with Gasteiger partial charge in [0.15, 0.2) is 0 Å². The van der Waals surface area contributed by atoms with Gasteiger partial charge in [-0.2, -0.15) is 0 Å². The SMILES string of the molecule is COc1ccc(N2CCN(C(=O)C3CCCCC3C(=O)Nc3cccc(Oc4ccccc4)c3)CC2)cc1. The minimum atomic E-state index is -0.324. The highest BCUT2D eigenvalue weighted by Gasteiger charge is 2.38. The van der Waals surface area contributed by atoms with Crippen LogP contribution in [0, 0.1) is 11.8 Å². The van der Waals surface area contributed by atoms with Crippen LogP contribution in [-0.4, -0.2) is 50.0 Å². The zero-order valence-corrected chi connectivity index (χ0v) is 21.8. The molecule has 1 saturated carbocycles. The van der Waals surface area contributed by atoms with Crippen molar-refractivity contribution >= 4 is 23.2 Å². The van der Waals surface area contributed by atoms with Crippen LogP contribution in [0.1, 0.15) is 25.7 Å². The second kappa shape index (κ2) is 12.0. The maximum atomic E-state index is 13.6. The number of nitrogens with one attached hydrogen (secondary N) is 1. The number of carbonyl (C=O) groups excluding carboxylic acids is 2. The summed E-state index contributed by atoms with van der Waals surface area (Å²) < 4.78 is 11.2. The molecular formula is C31H35N3O4. The first-order chi connectivity index (χ1) is 18.6. The number of nitrogens with zero attached hydrogens (tertiary/aromatic N) is 2. The predicted octanol–water partition coefficient (Wildman–Crippen LogP) is 5.58. The van der Waals surface area contributed by atoms with Gasteiger partial charge >= 0.3 is 0 Å². The van der Waals surface area contributed by atoms with Crippen molar-refractivity contribution in [2.45, 2.75) is 25.7 Å². The molecule has 2 fully saturated rings. The fourth-order valence-electron chi connectivity index (χ4n) is 5.45. The quantitative estimate of drug-likeness (QED) is 0.447. The van der Waals surface area contributed by atoms with E-state index in [9.17, 15) is 9.59 Å². The molecule has 0 bridgehead atoms. The molecule has 1 aliphatic heterocycles. The Morgan fingerprint density at radius 2 is 1.45 bits per heavy atom. The predicted molar refractivity (Wildman–Crippen MR) is 149 cm³/mol. The number of piperazine rings is 1. The van der Waals surface area contributed by atoms with Gasteiger partial charge in [0.05, 0.1) is 7.11 Å². The first-order valence-electron chi connectivity index (χ1n) is 13.4. The molecule has 1 saturated heterocycles. The number of benzene rings is 3. The van der Waals surface area contributed by atoms with E-state index >= 15 is 0 Å². The number of anilines is 2. The number of ether oxygens (including phenoxy) is 2. The van der Waals surface area contributed by atoms with E-state index in [2.05, 4.69) is 22.3 Å². The number of methoxy groups -OCH3 is 1. The van der Waals surface area contributed by atoms with Gasteiger partial charge in [-0.3, -0.25) is 9.59 Å². The molecule has 0 aromatic heterocycles. The second-order valence-corrected chi connectivity index (χ2v) is 9.94. The summed E-state index contributed by atoms with van der Waals surface area (Å²) in [5, 5.41) is 3.06. The highest BCUT2D eigenvalue weighted by molar-refractivity contribution is 5.96. The van der Waals surface area contributed by atoms with Gasteiger partial charge in [-0.05, 0) is 61.4 Å². The average molecular weight is 514 g/mol. The Morgan fingerprint density at radius 3 is 2.16 bits per heavy atom. The van der Waals surface area contributed by atoms with Crippen molar-refractivity contribution in [2.24, 2.45) is 11.8 Å². The van der Waals surface area contributed by atoms with Gasteiger partial charge in [0.1, 0.15) is 17.2 Å². The lowest BCUT2D eigenvalue weighted by atomic mass is 9.77. The van der Waals surface area contributed by atoms with Gasteiger partial charge in [0, 0.05) is 55.5 Å². The molecule has 2 amide bonds. The molecule has 3 aromatic rings. The Morgan fingerprint density at radius 1 is 0.763 bits per heavy atom. The van der Waals surface area contributed by atoms with Crippen molar-refractivity contribution in [1.82, 2.24) is 4.90 Å². The first-order valence-corrected chi connectivity index (χ1v) is 13.4. The zero-order valence-electron chi connectivity index (χ0n) is 21.8. The molecule has 38 heavy (non-hydrogen) atoms. The Balaban J connectivity index is 1.19. The standard InChI is InChI=1S/C31H35N3O4/c1-37-25-16-14-24(15-17-25)33-18-20-34(21-19-33)31(36)29-13-6-5-12-28(29)30(35)32-23-8-7-11-27(22-23)38-26-9-3-2-4-10-26/h2-4,7-11,14-17,22,28-29H,5-6,12-13,18-21H2,1H3,(H,32,35). The van der Waals surface area contributed by atoms with E-state index in [-0.39, 0.29) is 23.7 Å². The number of carbonyl (C=O) groups is 2. The molecule has 5 rings (SSSR count). The van der Waals surface area contributed by atoms with Gasteiger partial charge in [-0.1, -0.05) is 37.1 Å². The van der Waals surface area contributed by atoms with E-state index in [0.29, 0.717) is 24.5 Å². The van der Waals surface area contributed by atoms with E-state index in [0.717, 1.165) is 56.0 Å². The van der Waals surface area contributed by atoms with Crippen LogP contribution in [0.2, 0.25) is 0 Å². The van der Waals surface area contributed by atoms with E-state index in [1.807, 2.05) is 71.6 Å². The van der Waals surface area contributed by atoms with E-state index < -0.39 is 0 Å². The molecule has 7 nitrogen and oxygen atoms in total. The molecule has 3 aromatic carbocycles. The third-order valence-electron chi connectivity index (χ3n) is 7.53. The Hall–Kier alpha value is -4.00. The number of hydrogen-bond acceptors (Lipinski definition) is 5. The Bertz CT molecular complexity index is 1220. The van der Waals surface area contributed by atoms with Crippen molar-refractivity contribution in [3.63, 3.8) is 0 Å². The van der Waals surface area contributed by atoms with E-state index in [1.165, 1.54) is 0 Å². The van der Waals surface area contributed by atoms with Crippen LogP contribution in [-0.2, 0) is 9.59 Å². The summed E-state index contributed by atoms with van der Waals surface area (Å²) in [5.41, 5.74) is 1.81. The zero-order chi connectivity index (χ0) is 26.3. The first kappa shape index (κ1) is 25.6. The summed E-state index contributed by atoms with van der Waals surface area (Å²) in [6.45, 7) is 2.87. The van der Waals surface area contributed by atoms with Crippen LogP contribution in [0.15, 0.2) is 78.9 Å². The van der Waals surface area contributed by atoms with Crippen LogP contribution >= 0.6 is 0 Å². The molecule has 1 aliphatic carbocycles. The summed E-state index contributed by atoms with van der Waals surface area (Å²) in [6.07, 6.45) is 3.43. The maximum Gasteiger partial charge on any atom is 0.228 e. The van der Waals surface area contributed by atoms with Gasteiger partial charge in [0.25, 0.3) is 0 Å². The molecule has 2 unspecified atom stereocenters. The number of para-hydroxylation sites is 1. The van der Waals surface area contributed by atoms with Crippen molar-refractivity contribution in [3.8, 4) is 17.2 Å². The third kappa shape index (κ3) is 6.10. The van der Waals surface area contributed by atoms with Crippen LogP contribution < -0.4 is 19.7 Å². The highest BCUT2D eigenvalue weighted by atomic mass is 16.5. The molecule has 7 heteroatoms. The second-order valence-electron chi connectivity index (χ2n) is 9.94. The monoisotopic (exact) mass is 513 g/mol. The summed E-state index contributed by atoms with van der Waals surface area (Å²) >= 11 is 0. The molecular weight excluding hydrogens is 478 g/mol. The normalized spacial score (nSPS) is 19.5. The topological polar surface area (TPSA) is 71.1 Å². The summed E-state index contributed by atoms with van der Waals surface area (Å²) in [6, 6.07) is 25.0. The highest BCUT2D eigenvalue weighted by Crippen LogP contribution is 2.34. The van der Waals surface area contributed by atoms with Crippen molar-refractivity contribution in [2.75, 3.05) is 43.5 Å². The van der Waals surface area contributed by atoms with Gasteiger partial charge in [-0.25, -0.2) is 0 Å². The number of hydrogen-bond donors (Lipinski definition) is 1. The molecule has 2 atom stereocenters. The lowest BCUT2D eigenvalue weighted by Gasteiger charge is -2.39. The largest absolute Gasteiger partial charge is 0.497 e. The lowest BCUT2D eigenvalue weighted by molar-refractivity contribution is -0.142. The van der Waals surface area contributed by atoms with Crippen LogP contribution in [0.25, 0.3) is 0 Å².